The van der Waals surface area contributed by atoms with Gasteiger partial charge in [0.05, 0.1) is 18.8 Å². The molecule has 0 unspecified atom stereocenters. The first-order chi connectivity index (χ1) is 11.9. The highest BCUT2D eigenvalue weighted by atomic mass is 19.1. The van der Waals surface area contributed by atoms with Crippen molar-refractivity contribution in [3.05, 3.63) is 52.1 Å². The van der Waals surface area contributed by atoms with Gasteiger partial charge < -0.3 is 15.7 Å². The van der Waals surface area contributed by atoms with Gasteiger partial charge in [0, 0.05) is 36.5 Å². The van der Waals surface area contributed by atoms with Gasteiger partial charge in [-0.3, -0.25) is 9.48 Å². The first kappa shape index (κ1) is 19.1. The smallest absolute Gasteiger partial charge is 0.251 e. The van der Waals surface area contributed by atoms with E-state index in [2.05, 4.69) is 15.7 Å². The molecule has 2 aromatic rings. The van der Waals surface area contributed by atoms with Gasteiger partial charge in [-0.1, -0.05) is 6.07 Å². The maximum atomic E-state index is 13.5. The van der Waals surface area contributed by atoms with E-state index in [1.807, 2.05) is 13.8 Å². The molecule has 6 nitrogen and oxygen atoms in total. The number of rotatable bonds is 8. The maximum Gasteiger partial charge on any atom is 0.251 e. The Kier molecular flexibility index (Phi) is 6.66. The lowest BCUT2D eigenvalue weighted by molar-refractivity contribution is 0.0953. The van der Waals surface area contributed by atoms with Crippen LogP contribution in [0.5, 0.6) is 0 Å². The second kappa shape index (κ2) is 8.73. The Labute approximate surface area is 147 Å². The van der Waals surface area contributed by atoms with Gasteiger partial charge in [-0.05, 0) is 38.5 Å². The summed E-state index contributed by atoms with van der Waals surface area (Å²) in [5.74, 6) is -0.666. The van der Waals surface area contributed by atoms with Gasteiger partial charge in [0.15, 0.2) is 0 Å². The molecule has 0 aliphatic carbocycles. The number of aliphatic hydroxyl groups is 1. The molecular weight excluding hydrogens is 323 g/mol. The Morgan fingerprint density at radius 1 is 1.28 bits per heavy atom. The topological polar surface area (TPSA) is 79.2 Å². The molecule has 25 heavy (non-hydrogen) atoms. The molecule has 1 heterocycles. The lowest BCUT2D eigenvalue weighted by Gasteiger charge is -2.08. The van der Waals surface area contributed by atoms with Gasteiger partial charge in [-0.25, -0.2) is 4.39 Å². The quantitative estimate of drug-likeness (QED) is 0.631. The minimum atomic E-state index is -0.378. The predicted octanol–water partition coefficient (Wildman–Crippen LogP) is 1.46. The van der Waals surface area contributed by atoms with Crippen LogP contribution in [0.3, 0.4) is 0 Å². The van der Waals surface area contributed by atoms with Crippen LogP contribution in [-0.2, 0) is 13.1 Å². The van der Waals surface area contributed by atoms with E-state index in [1.54, 1.807) is 23.7 Å². The van der Waals surface area contributed by atoms with E-state index in [4.69, 9.17) is 5.11 Å². The highest BCUT2D eigenvalue weighted by Gasteiger charge is 2.11. The fourth-order valence-corrected chi connectivity index (χ4v) is 2.62. The van der Waals surface area contributed by atoms with Crippen LogP contribution in [0.1, 0.15) is 32.9 Å². The third-order valence-corrected chi connectivity index (χ3v) is 4.17. The maximum absolute atomic E-state index is 13.5. The van der Waals surface area contributed by atoms with Crippen LogP contribution in [-0.4, -0.2) is 40.5 Å². The third kappa shape index (κ3) is 4.87. The van der Waals surface area contributed by atoms with Crippen LogP contribution < -0.4 is 10.6 Å². The molecule has 7 heteroatoms. The van der Waals surface area contributed by atoms with Crippen LogP contribution in [0.4, 0.5) is 4.39 Å². The molecular formula is C18H25FN4O2. The molecule has 0 aliphatic rings. The number of hydrogen-bond donors (Lipinski definition) is 3. The van der Waals surface area contributed by atoms with Crippen molar-refractivity contribution in [2.24, 2.45) is 0 Å². The molecule has 0 radical (unpaired) electrons. The summed E-state index contributed by atoms with van der Waals surface area (Å²) in [7, 11) is 0. The molecule has 136 valence electrons. The number of aromatic nitrogens is 2. The predicted molar refractivity (Wildman–Crippen MR) is 94.0 cm³/mol. The molecule has 0 spiro atoms. The zero-order valence-corrected chi connectivity index (χ0v) is 14.9. The van der Waals surface area contributed by atoms with E-state index in [1.165, 1.54) is 6.07 Å². The Balaban J connectivity index is 1.78. The molecule has 1 aromatic heterocycles. The fraction of sp³-hybridized carbons (Fsp3) is 0.444. The van der Waals surface area contributed by atoms with E-state index in [9.17, 15) is 9.18 Å². The highest BCUT2D eigenvalue weighted by Crippen LogP contribution is 2.12. The van der Waals surface area contributed by atoms with Crippen molar-refractivity contribution in [1.29, 1.82) is 0 Å². The monoisotopic (exact) mass is 348 g/mol. The van der Waals surface area contributed by atoms with Crippen LogP contribution in [0.15, 0.2) is 18.2 Å². The number of carbonyl (C=O) groups is 1. The summed E-state index contributed by atoms with van der Waals surface area (Å²) in [5, 5.41) is 19.4. The number of carbonyl (C=O) groups excluding carboxylic acids is 1. The average molecular weight is 348 g/mol. The number of nitrogens with one attached hydrogen (secondary N) is 2. The summed E-state index contributed by atoms with van der Waals surface area (Å²) in [6.07, 6.45) is 0. The van der Waals surface area contributed by atoms with Gasteiger partial charge in [0.1, 0.15) is 5.82 Å². The standard InChI is InChI=1S/C18H25FN4O2/c1-12-4-5-15(10-17(12)19)18(25)21-7-6-20-11-16-13(2)22-23(8-9-24)14(16)3/h4-5,10,20,24H,6-9,11H2,1-3H3,(H,21,25). The van der Waals surface area contributed by atoms with Crippen LogP contribution in [0.25, 0.3) is 0 Å². The van der Waals surface area contributed by atoms with Crippen molar-refractivity contribution >= 4 is 5.91 Å². The van der Waals surface area contributed by atoms with Crippen molar-refractivity contribution in [1.82, 2.24) is 20.4 Å². The zero-order chi connectivity index (χ0) is 18.4. The molecule has 2 rings (SSSR count). The van der Waals surface area contributed by atoms with Gasteiger partial charge in [-0.15, -0.1) is 0 Å². The van der Waals surface area contributed by atoms with E-state index >= 15 is 0 Å². The minimum absolute atomic E-state index is 0.0560. The average Bonchev–Trinajstić information content (AvgIpc) is 2.84. The molecule has 3 N–H and O–H groups in total. The summed E-state index contributed by atoms with van der Waals surface area (Å²) in [5.41, 5.74) is 3.89. The summed E-state index contributed by atoms with van der Waals surface area (Å²) in [6, 6.07) is 4.46. The Morgan fingerprint density at radius 2 is 2.04 bits per heavy atom. The molecule has 0 saturated carbocycles. The first-order valence-electron chi connectivity index (χ1n) is 8.33. The van der Waals surface area contributed by atoms with Crippen molar-refractivity contribution < 1.29 is 14.3 Å². The lowest BCUT2D eigenvalue weighted by atomic mass is 10.1. The summed E-state index contributed by atoms with van der Waals surface area (Å²) < 4.78 is 15.3. The second-order valence-electron chi connectivity index (χ2n) is 5.99. The number of halogens is 1. The van der Waals surface area contributed by atoms with E-state index in [0.717, 1.165) is 17.0 Å². The largest absolute Gasteiger partial charge is 0.394 e. The lowest BCUT2D eigenvalue weighted by Crippen LogP contribution is -2.31. The van der Waals surface area contributed by atoms with Crippen molar-refractivity contribution in [2.45, 2.75) is 33.9 Å². The second-order valence-corrected chi connectivity index (χ2v) is 5.99. The molecule has 0 fully saturated rings. The molecule has 0 atom stereocenters. The number of aryl methyl sites for hydroxylation is 2. The van der Waals surface area contributed by atoms with Gasteiger partial charge in [-0.2, -0.15) is 5.10 Å². The molecule has 0 saturated heterocycles. The number of nitrogens with zero attached hydrogens (tertiary/aromatic N) is 2. The van der Waals surface area contributed by atoms with E-state index < -0.39 is 0 Å². The van der Waals surface area contributed by atoms with Gasteiger partial charge in [0.2, 0.25) is 0 Å². The van der Waals surface area contributed by atoms with Crippen molar-refractivity contribution in [3.8, 4) is 0 Å². The Bertz CT molecular complexity index is 743. The van der Waals surface area contributed by atoms with Crippen LogP contribution in [0, 0.1) is 26.6 Å². The SMILES string of the molecule is Cc1ccc(C(=O)NCCNCc2c(C)nn(CCO)c2C)cc1F. The number of aliphatic hydroxyl groups excluding tert-OH is 1. The molecule has 1 amide bonds. The Morgan fingerprint density at radius 3 is 2.72 bits per heavy atom. The number of hydrogen-bond acceptors (Lipinski definition) is 4. The van der Waals surface area contributed by atoms with Crippen LogP contribution >= 0.6 is 0 Å². The summed E-state index contributed by atoms with van der Waals surface area (Å²) in [4.78, 5) is 12.0. The normalized spacial score (nSPS) is 10.9. The third-order valence-electron chi connectivity index (χ3n) is 4.17. The van der Waals surface area contributed by atoms with E-state index in [-0.39, 0.29) is 18.3 Å². The molecule has 0 aliphatic heterocycles. The fourth-order valence-electron chi connectivity index (χ4n) is 2.62. The first-order valence-corrected chi connectivity index (χ1v) is 8.33. The van der Waals surface area contributed by atoms with E-state index in [0.29, 0.717) is 37.3 Å². The number of amides is 1. The van der Waals surface area contributed by atoms with Gasteiger partial charge >= 0.3 is 0 Å². The summed E-state index contributed by atoms with van der Waals surface area (Å²) in [6.45, 7) is 7.77. The van der Waals surface area contributed by atoms with Gasteiger partial charge in [0.25, 0.3) is 5.91 Å². The van der Waals surface area contributed by atoms with Crippen molar-refractivity contribution in [3.63, 3.8) is 0 Å². The highest BCUT2D eigenvalue weighted by molar-refractivity contribution is 5.94. The number of benzene rings is 1. The molecule has 1 aromatic carbocycles. The molecule has 0 bridgehead atoms. The summed E-state index contributed by atoms with van der Waals surface area (Å²) >= 11 is 0. The Hall–Kier alpha value is -2.25. The minimum Gasteiger partial charge on any atom is -0.394 e. The van der Waals surface area contributed by atoms with Crippen molar-refractivity contribution in [2.75, 3.05) is 19.7 Å². The zero-order valence-electron chi connectivity index (χ0n) is 14.9. The van der Waals surface area contributed by atoms with Crippen LogP contribution in [0.2, 0.25) is 0 Å².